The Morgan fingerprint density at radius 2 is 1.22 bits per heavy atom. The molecule has 3 nitrogen and oxygen atoms in total. The molecule has 4 heteroatoms. The van der Waals surface area contributed by atoms with Crippen molar-refractivity contribution < 1.29 is 9.52 Å². The maximum absolute atomic E-state index is 12.4. The molecule has 0 unspecified atom stereocenters. The van der Waals surface area contributed by atoms with Crippen LogP contribution in [0.3, 0.4) is 0 Å². The van der Waals surface area contributed by atoms with Gasteiger partial charge < -0.3 is 9.52 Å². The van der Waals surface area contributed by atoms with Crippen molar-refractivity contribution in [3.63, 3.8) is 0 Å². The van der Waals surface area contributed by atoms with E-state index in [4.69, 9.17) is 21.0 Å². The van der Waals surface area contributed by atoms with Gasteiger partial charge in [-0.15, -0.1) is 0 Å². The highest BCUT2D eigenvalue weighted by Gasteiger charge is 2.35. The van der Waals surface area contributed by atoms with Crippen molar-refractivity contribution in [2.45, 2.75) is 5.60 Å². The smallest absolute Gasteiger partial charge is 0.227 e. The lowest BCUT2D eigenvalue weighted by Crippen LogP contribution is -2.29. The van der Waals surface area contributed by atoms with Crippen LogP contribution in [0.5, 0.6) is 0 Å². The van der Waals surface area contributed by atoms with Gasteiger partial charge in [-0.3, -0.25) is 0 Å². The van der Waals surface area contributed by atoms with E-state index < -0.39 is 5.60 Å². The van der Waals surface area contributed by atoms with E-state index in [1.165, 1.54) is 0 Å². The number of aromatic nitrogens is 1. The lowest BCUT2D eigenvalue weighted by molar-refractivity contribution is 0.126. The van der Waals surface area contributed by atoms with Crippen LogP contribution < -0.4 is 0 Å². The van der Waals surface area contributed by atoms with Crippen LogP contribution in [0.15, 0.2) is 132 Å². The molecular formula is C32H22ClNO2. The van der Waals surface area contributed by atoms with Crippen LogP contribution in [0.4, 0.5) is 0 Å². The average Bonchev–Trinajstić information content (AvgIpc) is 3.37. The van der Waals surface area contributed by atoms with Crippen molar-refractivity contribution in [3.8, 4) is 22.6 Å². The molecule has 0 spiro atoms. The number of hydrogen-bond acceptors (Lipinski definition) is 3. The molecule has 0 aliphatic rings. The van der Waals surface area contributed by atoms with E-state index in [0.29, 0.717) is 16.5 Å². The van der Waals surface area contributed by atoms with E-state index in [2.05, 4.69) is 0 Å². The Labute approximate surface area is 214 Å². The van der Waals surface area contributed by atoms with Gasteiger partial charge in [0.05, 0.1) is 0 Å². The molecule has 6 rings (SSSR count). The van der Waals surface area contributed by atoms with Gasteiger partial charge in [-0.25, -0.2) is 4.98 Å². The Morgan fingerprint density at radius 3 is 1.89 bits per heavy atom. The lowest BCUT2D eigenvalue weighted by Gasteiger charge is -2.32. The number of rotatable bonds is 5. The van der Waals surface area contributed by atoms with Gasteiger partial charge in [0.25, 0.3) is 0 Å². The maximum Gasteiger partial charge on any atom is 0.227 e. The van der Waals surface area contributed by atoms with E-state index in [0.717, 1.165) is 38.9 Å². The molecule has 6 aromatic rings. The molecule has 5 aromatic carbocycles. The van der Waals surface area contributed by atoms with Gasteiger partial charge >= 0.3 is 0 Å². The standard InChI is InChI=1S/C32H22ClNO2/c33-26-18-15-22(16-19-26)31-34-29-21-23(17-20-30(29)36-31)27-13-7-8-14-28(27)32(35,24-9-3-1-4-10-24)25-11-5-2-6-12-25/h1-21,35H. The fraction of sp³-hybridized carbons (Fsp3) is 0.0312. The van der Waals surface area contributed by atoms with Crippen LogP contribution in [0.25, 0.3) is 33.7 Å². The molecule has 0 amide bonds. The highest BCUT2D eigenvalue weighted by Crippen LogP contribution is 2.42. The number of oxazole rings is 1. The molecule has 1 heterocycles. The lowest BCUT2D eigenvalue weighted by atomic mass is 9.77. The fourth-order valence-electron chi connectivity index (χ4n) is 4.70. The minimum absolute atomic E-state index is 0.539. The second kappa shape index (κ2) is 9.12. The van der Waals surface area contributed by atoms with E-state index in [1.54, 1.807) is 0 Å². The molecule has 0 aliphatic heterocycles. The summed E-state index contributed by atoms with van der Waals surface area (Å²) in [6.07, 6.45) is 0. The van der Waals surface area contributed by atoms with Crippen molar-refractivity contribution in [2.75, 3.05) is 0 Å². The zero-order valence-electron chi connectivity index (χ0n) is 19.3. The molecule has 0 aliphatic carbocycles. The van der Waals surface area contributed by atoms with Gasteiger partial charge in [-0.1, -0.05) is 103 Å². The summed E-state index contributed by atoms with van der Waals surface area (Å²) >= 11 is 6.04. The first-order chi connectivity index (χ1) is 17.6. The molecule has 0 fully saturated rings. The van der Waals surface area contributed by atoms with Crippen LogP contribution in [0.2, 0.25) is 5.02 Å². The van der Waals surface area contributed by atoms with Gasteiger partial charge in [0.2, 0.25) is 5.89 Å². The molecule has 1 N–H and O–H groups in total. The molecule has 0 radical (unpaired) electrons. The highest BCUT2D eigenvalue weighted by molar-refractivity contribution is 6.30. The number of benzene rings is 5. The Kier molecular flexibility index (Phi) is 5.65. The Morgan fingerprint density at radius 1 is 0.639 bits per heavy atom. The highest BCUT2D eigenvalue weighted by atomic mass is 35.5. The summed E-state index contributed by atoms with van der Waals surface area (Å²) in [5, 5.41) is 13.1. The zero-order chi connectivity index (χ0) is 24.5. The first kappa shape index (κ1) is 22.3. The minimum atomic E-state index is -1.34. The summed E-state index contributed by atoms with van der Waals surface area (Å²) in [5.41, 5.74) is 5.23. The third-order valence-corrected chi connectivity index (χ3v) is 6.74. The molecule has 1 aromatic heterocycles. The van der Waals surface area contributed by atoms with Gasteiger partial charge in [-0.2, -0.15) is 0 Å². The molecule has 174 valence electrons. The normalized spacial score (nSPS) is 11.6. The Hall–Kier alpha value is -4.18. The molecule has 0 saturated carbocycles. The summed E-state index contributed by atoms with van der Waals surface area (Å²) in [4.78, 5) is 4.73. The quantitative estimate of drug-likeness (QED) is 0.250. The number of aliphatic hydroxyl groups is 1. The van der Waals surface area contributed by atoms with Gasteiger partial charge in [0.1, 0.15) is 11.1 Å². The molecular weight excluding hydrogens is 466 g/mol. The van der Waals surface area contributed by atoms with E-state index >= 15 is 0 Å². The summed E-state index contributed by atoms with van der Waals surface area (Å²) in [7, 11) is 0. The van der Waals surface area contributed by atoms with Gasteiger partial charge in [-0.05, 0) is 58.7 Å². The van der Waals surface area contributed by atoms with Gasteiger partial charge in [0.15, 0.2) is 5.58 Å². The monoisotopic (exact) mass is 487 g/mol. The van der Waals surface area contributed by atoms with Crippen molar-refractivity contribution >= 4 is 22.7 Å². The van der Waals surface area contributed by atoms with Crippen LogP contribution in [-0.2, 0) is 5.60 Å². The molecule has 0 bridgehead atoms. The predicted molar refractivity (Wildman–Crippen MR) is 145 cm³/mol. The Balaban J connectivity index is 1.51. The first-order valence-electron chi connectivity index (χ1n) is 11.7. The topological polar surface area (TPSA) is 46.3 Å². The summed E-state index contributed by atoms with van der Waals surface area (Å²) in [6.45, 7) is 0. The van der Waals surface area contributed by atoms with Gasteiger partial charge in [0, 0.05) is 16.1 Å². The zero-order valence-corrected chi connectivity index (χ0v) is 20.1. The molecule has 0 atom stereocenters. The fourth-order valence-corrected chi connectivity index (χ4v) is 4.82. The largest absolute Gasteiger partial charge is 0.436 e. The second-order valence-electron chi connectivity index (χ2n) is 8.70. The maximum atomic E-state index is 12.4. The average molecular weight is 488 g/mol. The van der Waals surface area contributed by atoms with Crippen LogP contribution in [-0.4, -0.2) is 10.1 Å². The van der Waals surface area contributed by atoms with Crippen molar-refractivity contribution in [1.29, 1.82) is 0 Å². The first-order valence-corrected chi connectivity index (χ1v) is 12.1. The summed E-state index contributed by atoms with van der Waals surface area (Å²) in [6, 6.07) is 40.9. The third-order valence-electron chi connectivity index (χ3n) is 6.49. The summed E-state index contributed by atoms with van der Waals surface area (Å²) in [5.74, 6) is 0.539. The van der Waals surface area contributed by atoms with Crippen molar-refractivity contribution in [3.05, 3.63) is 149 Å². The van der Waals surface area contributed by atoms with Crippen LogP contribution in [0.1, 0.15) is 16.7 Å². The second-order valence-corrected chi connectivity index (χ2v) is 9.13. The van der Waals surface area contributed by atoms with E-state index in [1.807, 2.05) is 127 Å². The number of fused-ring (bicyclic) bond motifs is 1. The SMILES string of the molecule is OC(c1ccccc1)(c1ccccc1)c1ccccc1-c1ccc2oc(-c3ccc(Cl)cc3)nc2c1. The minimum Gasteiger partial charge on any atom is -0.436 e. The molecule has 36 heavy (non-hydrogen) atoms. The summed E-state index contributed by atoms with van der Waals surface area (Å²) < 4.78 is 6.02. The Bertz CT molecular complexity index is 1600. The number of nitrogens with zero attached hydrogens (tertiary/aromatic N) is 1. The van der Waals surface area contributed by atoms with Crippen molar-refractivity contribution in [2.24, 2.45) is 0 Å². The predicted octanol–water partition coefficient (Wildman–Crippen LogP) is 8.10. The van der Waals surface area contributed by atoms with E-state index in [-0.39, 0.29) is 0 Å². The number of halogens is 1. The van der Waals surface area contributed by atoms with E-state index in [9.17, 15) is 5.11 Å². The van der Waals surface area contributed by atoms with Crippen LogP contribution >= 0.6 is 11.6 Å². The molecule has 0 saturated heterocycles. The van der Waals surface area contributed by atoms with Crippen molar-refractivity contribution in [1.82, 2.24) is 4.98 Å². The number of hydrogen-bond donors (Lipinski definition) is 1. The third kappa shape index (κ3) is 3.89. The van der Waals surface area contributed by atoms with Crippen LogP contribution in [0, 0.1) is 0 Å².